The van der Waals surface area contributed by atoms with Crippen LogP contribution in [-0.4, -0.2) is 6.04 Å². The van der Waals surface area contributed by atoms with Gasteiger partial charge in [0.2, 0.25) is 0 Å². The smallest absolute Gasteiger partial charge is 0.358 e. The third-order valence-electron chi connectivity index (χ3n) is 4.24. The Balaban J connectivity index is 0. The van der Waals surface area contributed by atoms with Crippen molar-refractivity contribution in [3.63, 3.8) is 0 Å². The van der Waals surface area contributed by atoms with Gasteiger partial charge in [0.15, 0.2) is 0 Å². The van der Waals surface area contributed by atoms with Crippen LogP contribution in [0.15, 0.2) is 3.34 Å². The average molecular weight is 461 g/mol. The van der Waals surface area contributed by atoms with Crippen LogP contribution in [-0.2, 0) is 20.9 Å². The van der Waals surface area contributed by atoms with Crippen molar-refractivity contribution in [3.8, 4) is 0 Å². The average Bonchev–Trinajstić information content (AvgIpc) is 2.49. The first-order chi connectivity index (χ1) is 9.60. The van der Waals surface area contributed by atoms with Crippen molar-refractivity contribution < 1.29 is 20.9 Å². The van der Waals surface area contributed by atoms with E-state index in [1.807, 2.05) is 0 Å². The van der Waals surface area contributed by atoms with Gasteiger partial charge in [-0.15, -0.1) is 0 Å². The summed E-state index contributed by atoms with van der Waals surface area (Å²) < 4.78 is 4.12. The summed E-state index contributed by atoms with van der Waals surface area (Å²) in [5.74, 6) is 2.01. The Morgan fingerprint density at radius 1 is 0.952 bits per heavy atom. The molecule has 0 aromatic carbocycles. The van der Waals surface area contributed by atoms with E-state index in [4.69, 9.17) is 0 Å². The molecule has 127 valence electrons. The quantitative estimate of drug-likeness (QED) is 0.403. The van der Waals surface area contributed by atoms with Gasteiger partial charge >= 0.3 is 50.5 Å². The zero-order chi connectivity index (χ0) is 15.2. The molecule has 0 aromatic heterocycles. The molecule has 0 bridgehead atoms. The Kier molecular flexibility index (Phi) is 19.2. The van der Waals surface area contributed by atoms with Gasteiger partial charge in [-0.25, -0.2) is 0 Å². The molecule has 2 saturated carbocycles. The molecule has 0 aliphatic heterocycles. The molecule has 1 unspecified atom stereocenters. The Morgan fingerprint density at radius 3 is 1.38 bits per heavy atom. The minimum atomic E-state index is 0. The molecular weight excluding hydrogens is 423 g/mol. The normalized spacial score (nSPS) is 20.7. The molecule has 0 spiro atoms. The Hall–Kier alpha value is 0.540. The van der Waals surface area contributed by atoms with Crippen molar-refractivity contribution >= 4 is 0 Å². The monoisotopic (exact) mass is 461 g/mol. The fraction of sp³-hybridized carbons (Fsp3) is 0.842. The molecule has 0 amide bonds. The van der Waals surface area contributed by atoms with E-state index in [1.54, 1.807) is 0 Å². The summed E-state index contributed by atoms with van der Waals surface area (Å²) in [6.45, 7) is 8.97. The van der Waals surface area contributed by atoms with Crippen molar-refractivity contribution in [2.75, 3.05) is 0 Å². The van der Waals surface area contributed by atoms with E-state index in [-0.39, 0.29) is 7.43 Å². The zero-order valence-electron chi connectivity index (χ0n) is 15.1. The van der Waals surface area contributed by atoms with E-state index in [1.165, 1.54) is 78.7 Å². The van der Waals surface area contributed by atoms with E-state index in [9.17, 15) is 0 Å². The molecule has 2 fully saturated rings. The van der Waals surface area contributed by atoms with Crippen LogP contribution in [0.2, 0.25) is 0 Å². The molecule has 0 radical (unpaired) electrons. The third kappa shape index (κ3) is 16.7. The predicted molar refractivity (Wildman–Crippen MR) is 92.5 cm³/mol. The van der Waals surface area contributed by atoms with E-state index in [0.717, 1.165) is 11.8 Å². The van der Waals surface area contributed by atoms with E-state index < -0.39 is 0 Å². The molecule has 0 saturated heterocycles. The fourth-order valence-corrected chi connectivity index (χ4v) is 2.86. The summed E-state index contributed by atoms with van der Waals surface area (Å²) in [4.78, 5) is 0. The van der Waals surface area contributed by atoms with Crippen LogP contribution in [0, 0.1) is 32.1 Å². The molecule has 0 aromatic rings. The standard InChI is InChI=1S/2C7H13.C4H9N.CH3.Ta/c2*1-7-5-3-2-4-6-7;1-3-4(2)5;;/h2*2,7H,3-6H2,1H3;4H,3H2,1-2H3;1H3;/q2*-1;;-1;. The fourth-order valence-electron chi connectivity index (χ4n) is 2.27. The minimum absolute atomic E-state index is 0. The summed E-state index contributed by atoms with van der Waals surface area (Å²) in [6, 6.07) is 0.610. The second-order valence-corrected chi connectivity index (χ2v) is 7.30. The molecule has 21 heavy (non-hydrogen) atoms. The summed E-state index contributed by atoms with van der Waals surface area (Å²) in [5.41, 5.74) is 0. The maximum Gasteiger partial charge on any atom is -0.358 e. The Morgan fingerprint density at radius 2 is 1.29 bits per heavy atom. The molecule has 2 heteroatoms. The maximum absolute atomic E-state index is 4.12. The molecule has 2 rings (SSSR count). The van der Waals surface area contributed by atoms with Gasteiger partial charge in [0.25, 0.3) is 0 Å². The summed E-state index contributed by atoms with van der Waals surface area (Å²) >= 11 is 1.18. The maximum atomic E-state index is 4.12. The van der Waals surface area contributed by atoms with E-state index >= 15 is 0 Å². The molecule has 0 heterocycles. The zero-order valence-corrected chi connectivity index (χ0v) is 18.4. The topological polar surface area (TPSA) is 12.4 Å². The van der Waals surface area contributed by atoms with Crippen molar-refractivity contribution in [1.29, 1.82) is 0 Å². The second-order valence-electron chi connectivity index (χ2n) is 6.47. The van der Waals surface area contributed by atoms with Crippen molar-refractivity contribution in [3.05, 3.63) is 20.3 Å². The van der Waals surface area contributed by atoms with Crippen LogP contribution in [0.1, 0.15) is 85.5 Å². The summed E-state index contributed by atoms with van der Waals surface area (Å²) in [5, 5.41) is 0. The van der Waals surface area contributed by atoms with E-state index in [2.05, 4.69) is 43.9 Å². The molecule has 2 aliphatic carbocycles. The Bertz CT molecular complexity index is 190. The number of rotatable bonds is 2. The second kappa shape index (κ2) is 16.9. The van der Waals surface area contributed by atoms with Crippen LogP contribution >= 0.6 is 0 Å². The third-order valence-corrected chi connectivity index (χ3v) is 5.66. The molecule has 1 nitrogen and oxygen atoms in total. The van der Waals surface area contributed by atoms with Crippen molar-refractivity contribution in [2.24, 2.45) is 15.2 Å². The first kappa shape index (κ1) is 23.8. The van der Waals surface area contributed by atoms with Crippen LogP contribution < -0.4 is 0 Å². The van der Waals surface area contributed by atoms with Crippen molar-refractivity contribution in [1.82, 2.24) is 0 Å². The molecular formula is C19H38NTa-3. The molecule has 2 aliphatic rings. The number of hydrogen-bond donors (Lipinski definition) is 0. The van der Waals surface area contributed by atoms with Crippen LogP contribution in [0.4, 0.5) is 0 Å². The van der Waals surface area contributed by atoms with Gasteiger partial charge in [-0.2, -0.15) is 25.7 Å². The molecule has 1 atom stereocenters. The van der Waals surface area contributed by atoms with E-state index in [0.29, 0.717) is 6.04 Å². The Labute approximate surface area is 147 Å². The number of nitrogens with zero attached hydrogens (tertiary/aromatic N) is 1. The van der Waals surface area contributed by atoms with Gasteiger partial charge in [-0.1, -0.05) is 39.5 Å². The van der Waals surface area contributed by atoms with Gasteiger partial charge < -0.3 is 20.3 Å². The largest absolute Gasteiger partial charge is 0.358 e. The van der Waals surface area contributed by atoms with Gasteiger partial charge in [-0.05, 0) is 11.8 Å². The van der Waals surface area contributed by atoms with Crippen LogP contribution in [0.5, 0.6) is 0 Å². The van der Waals surface area contributed by atoms with Gasteiger partial charge in [0.05, 0.1) is 0 Å². The first-order valence-corrected chi connectivity index (χ1v) is 10.0. The number of hydrogen-bond acceptors (Lipinski definition) is 1. The van der Waals surface area contributed by atoms with Crippen molar-refractivity contribution in [2.45, 2.75) is 91.5 Å². The SMILES string of the molecule is CC1CC[CH-]CC1.CC1CC[CH-]CC1.CCC(C)[N]=[Ta].[CH3-]. The summed E-state index contributed by atoms with van der Waals surface area (Å²) in [6.07, 6.45) is 17.2. The first-order valence-electron chi connectivity index (χ1n) is 8.57. The van der Waals surface area contributed by atoms with Gasteiger partial charge in [0.1, 0.15) is 0 Å². The van der Waals surface area contributed by atoms with Gasteiger partial charge in [0, 0.05) is 0 Å². The summed E-state index contributed by atoms with van der Waals surface area (Å²) in [7, 11) is 0. The predicted octanol–water partition coefficient (Wildman–Crippen LogP) is 6.77. The van der Waals surface area contributed by atoms with Crippen LogP contribution in [0.25, 0.3) is 0 Å². The van der Waals surface area contributed by atoms with Gasteiger partial charge in [-0.3, -0.25) is 0 Å². The minimum Gasteiger partial charge on any atom is -0.358 e. The van der Waals surface area contributed by atoms with Crippen LogP contribution in [0.3, 0.4) is 0 Å². The molecule has 0 N–H and O–H groups in total.